The molecule has 0 fully saturated rings. The van der Waals surface area contributed by atoms with Gasteiger partial charge in [-0.05, 0) is 30.0 Å². The summed E-state index contributed by atoms with van der Waals surface area (Å²) in [6.07, 6.45) is 5.61. The number of aryl methyl sites for hydroxylation is 1. The van der Waals surface area contributed by atoms with Crippen LogP contribution in [0.3, 0.4) is 0 Å². The SMILES string of the molecule is COCCNC(=O)c1nn(CCC(C)C)c2c1CN(Cc1ccncc1)CC2. The van der Waals surface area contributed by atoms with Crippen LogP contribution >= 0.6 is 0 Å². The molecular weight excluding hydrogens is 354 g/mol. The minimum absolute atomic E-state index is 0.109. The maximum atomic E-state index is 12.7. The smallest absolute Gasteiger partial charge is 0.272 e. The zero-order chi connectivity index (χ0) is 19.9. The van der Waals surface area contributed by atoms with Crippen molar-refractivity contribution in [3.05, 3.63) is 47.0 Å². The van der Waals surface area contributed by atoms with Crippen molar-refractivity contribution in [2.45, 2.75) is 46.3 Å². The minimum Gasteiger partial charge on any atom is -0.383 e. The summed E-state index contributed by atoms with van der Waals surface area (Å²) < 4.78 is 7.10. The molecule has 0 bridgehead atoms. The monoisotopic (exact) mass is 385 g/mol. The molecule has 3 rings (SSSR count). The topological polar surface area (TPSA) is 72.3 Å². The molecule has 28 heavy (non-hydrogen) atoms. The van der Waals surface area contributed by atoms with Gasteiger partial charge in [0.2, 0.25) is 0 Å². The summed E-state index contributed by atoms with van der Waals surface area (Å²) >= 11 is 0. The summed E-state index contributed by atoms with van der Waals surface area (Å²) in [6, 6.07) is 4.08. The van der Waals surface area contributed by atoms with Crippen LogP contribution in [0.5, 0.6) is 0 Å². The number of ether oxygens (including phenoxy) is 1. The number of carbonyl (C=O) groups is 1. The Morgan fingerprint density at radius 2 is 2.11 bits per heavy atom. The van der Waals surface area contributed by atoms with Gasteiger partial charge in [-0.25, -0.2) is 0 Å². The van der Waals surface area contributed by atoms with Crippen molar-refractivity contribution < 1.29 is 9.53 Å². The van der Waals surface area contributed by atoms with Gasteiger partial charge in [0.25, 0.3) is 5.91 Å². The van der Waals surface area contributed by atoms with Crippen molar-refractivity contribution >= 4 is 5.91 Å². The van der Waals surface area contributed by atoms with Gasteiger partial charge in [0.15, 0.2) is 5.69 Å². The Hall–Kier alpha value is -2.25. The molecule has 1 N–H and O–H groups in total. The number of hydrogen-bond acceptors (Lipinski definition) is 5. The van der Waals surface area contributed by atoms with Crippen molar-refractivity contribution in [1.29, 1.82) is 0 Å². The van der Waals surface area contributed by atoms with E-state index in [-0.39, 0.29) is 5.91 Å². The molecule has 2 aromatic rings. The molecule has 7 nitrogen and oxygen atoms in total. The van der Waals surface area contributed by atoms with Crippen LogP contribution in [0.15, 0.2) is 24.5 Å². The second-order valence-electron chi connectivity index (χ2n) is 7.74. The van der Waals surface area contributed by atoms with Gasteiger partial charge in [0.05, 0.1) is 6.61 Å². The zero-order valence-electron chi connectivity index (χ0n) is 17.1. The van der Waals surface area contributed by atoms with Crippen LogP contribution in [0.25, 0.3) is 0 Å². The van der Waals surface area contributed by atoms with Crippen LogP contribution in [-0.2, 0) is 30.8 Å². The van der Waals surface area contributed by atoms with Gasteiger partial charge >= 0.3 is 0 Å². The highest BCUT2D eigenvalue weighted by molar-refractivity contribution is 5.94. The number of fused-ring (bicyclic) bond motifs is 1. The first-order valence-electron chi connectivity index (χ1n) is 10.1. The Morgan fingerprint density at radius 3 is 2.82 bits per heavy atom. The fraction of sp³-hybridized carbons (Fsp3) is 0.571. The summed E-state index contributed by atoms with van der Waals surface area (Å²) in [7, 11) is 1.63. The number of pyridine rings is 1. The van der Waals surface area contributed by atoms with Crippen LogP contribution < -0.4 is 5.32 Å². The largest absolute Gasteiger partial charge is 0.383 e. The van der Waals surface area contributed by atoms with E-state index in [0.717, 1.165) is 44.6 Å². The van der Waals surface area contributed by atoms with E-state index in [1.54, 1.807) is 7.11 Å². The first kappa shape index (κ1) is 20.5. The Balaban J connectivity index is 1.79. The number of rotatable bonds is 9. The zero-order valence-corrected chi connectivity index (χ0v) is 17.1. The van der Waals surface area contributed by atoms with Gasteiger partial charge in [-0.2, -0.15) is 5.10 Å². The number of nitrogens with zero attached hydrogens (tertiary/aromatic N) is 4. The molecule has 1 aliphatic rings. The Labute approximate surface area is 167 Å². The Kier molecular flexibility index (Phi) is 7.17. The fourth-order valence-corrected chi connectivity index (χ4v) is 3.53. The Morgan fingerprint density at radius 1 is 1.32 bits per heavy atom. The maximum Gasteiger partial charge on any atom is 0.272 e. The summed E-state index contributed by atoms with van der Waals surface area (Å²) in [5, 5.41) is 7.64. The third-order valence-electron chi connectivity index (χ3n) is 5.09. The van der Waals surface area contributed by atoms with Crippen LogP contribution in [-0.4, -0.2) is 52.4 Å². The predicted molar refractivity (Wildman–Crippen MR) is 108 cm³/mol. The molecule has 2 aromatic heterocycles. The minimum atomic E-state index is -0.109. The quantitative estimate of drug-likeness (QED) is 0.671. The second-order valence-corrected chi connectivity index (χ2v) is 7.74. The number of nitrogens with one attached hydrogen (secondary N) is 1. The highest BCUT2D eigenvalue weighted by atomic mass is 16.5. The van der Waals surface area contributed by atoms with Crippen molar-refractivity contribution in [1.82, 2.24) is 25.0 Å². The molecule has 0 aliphatic carbocycles. The van der Waals surface area contributed by atoms with Gasteiger partial charge < -0.3 is 10.1 Å². The summed E-state index contributed by atoms with van der Waals surface area (Å²) in [6.45, 7) is 8.83. The molecule has 0 saturated carbocycles. The first-order valence-corrected chi connectivity index (χ1v) is 10.1. The van der Waals surface area contributed by atoms with Gasteiger partial charge in [-0.3, -0.25) is 19.4 Å². The third-order valence-corrected chi connectivity index (χ3v) is 5.09. The number of aromatic nitrogens is 3. The van der Waals surface area contributed by atoms with E-state index < -0.39 is 0 Å². The lowest BCUT2D eigenvalue weighted by Crippen LogP contribution is -2.33. The van der Waals surface area contributed by atoms with Crippen molar-refractivity contribution in [3.8, 4) is 0 Å². The molecule has 1 aliphatic heterocycles. The number of amides is 1. The molecule has 0 radical (unpaired) electrons. The van der Waals surface area contributed by atoms with Crippen molar-refractivity contribution in [2.75, 3.05) is 26.8 Å². The van der Waals surface area contributed by atoms with Gasteiger partial charge in [0.1, 0.15) is 0 Å². The highest BCUT2D eigenvalue weighted by Crippen LogP contribution is 2.25. The Bertz CT molecular complexity index is 773. The summed E-state index contributed by atoms with van der Waals surface area (Å²) in [5.74, 6) is 0.493. The molecule has 7 heteroatoms. The predicted octanol–water partition coefficient (Wildman–Crippen LogP) is 2.26. The van der Waals surface area contributed by atoms with Crippen molar-refractivity contribution in [2.24, 2.45) is 5.92 Å². The summed E-state index contributed by atoms with van der Waals surface area (Å²) in [5.41, 5.74) is 4.08. The normalized spacial score (nSPS) is 14.3. The van der Waals surface area contributed by atoms with E-state index in [0.29, 0.717) is 24.8 Å². The lowest BCUT2D eigenvalue weighted by atomic mass is 10.0. The molecule has 152 valence electrons. The lowest BCUT2D eigenvalue weighted by Gasteiger charge is -2.27. The van der Waals surface area contributed by atoms with E-state index in [4.69, 9.17) is 9.84 Å². The van der Waals surface area contributed by atoms with Crippen LogP contribution in [0.2, 0.25) is 0 Å². The fourth-order valence-electron chi connectivity index (χ4n) is 3.53. The van der Waals surface area contributed by atoms with Gasteiger partial charge in [-0.1, -0.05) is 13.8 Å². The van der Waals surface area contributed by atoms with Crippen molar-refractivity contribution in [3.63, 3.8) is 0 Å². The molecule has 0 atom stereocenters. The van der Waals surface area contributed by atoms with E-state index in [9.17, 15) is 4.79 Å². The number of methoxy groups -OCH3 is 1. The molecule has 0 unspecified atom stereocenters. The number of carbonyl (C=O) groups excluding carboxylic acids is 1. The van der Waals surface area contributed by atoms with E-state index in [1.165, 1.54) is 11.3 Å². The van der Waals surface area contributed by atoms with E-state index >= 15 is 0 Å². The lowest BCUT2D eigenvalue weighted by molar-refractivity contribution is 0.0929. The average molecular weight is 386 g/mol. The maximum absolute atomic E-state index is 12.7. The average Bonchev–Trinajstić information content (AvgIpc) is 3.05. The van der Waals surface area contributed by atoms with Crippen LogP contribution in [0.4, 0.5) is 0 Å². The van der Waals surface area contributed by atoms with E-state index in [2.05, 4.69) is 33.7 Å². The first-order chi connectivity index (χ1) is 13.6. The molecular formula is C21H31N5O2. The highest BCUT2D eigenvalue weighted by Gasteiger charge is 2.28. The molecule has 0 aromatic carbocycles. The van der Waals surface area contributed by atoms with Crippen LogP contribution in [0, 0.1) is 5.92 Å². The second kappa shape index (κ2) is 9.80. The van der Waals surface area contributed by atoms with Gasteiger partial charge in [-0.15, -0.1) is 0 Å². The standard InChI is InChI=1S/C21H31N5O2/c1-16(2)6-12-26-19-7-11-25(14-17-4-8-22-9-5-17)15-18(19)20(24-26)21(27)23-10-13-28-3/h4-5,8-9,16H,6-7,10-15H2,1-3H3,(H,23,27). The molecule has 1 amide bonds. The van der Waals surface area contributed by atoms with Gasteiger partial charge in [0, 0.05) is 69.9 Å². The molecule has 3 heterocycles. The molecule has 0 saturated heterocycles. The summed E-state index contributed by atoms with van der Waals surface area (Å²) in [4.78, 5) is 19.2. The number of hydrogen-bond donors (Lipinski definition) is 1. The molecule has 0 spiro atoms. The van der Waals surface area contributed by atoms with E-state index in [1.807, 2.05) is 24.5 Å². The third kappa shape index (κ3) is 5.17. The van der Waals surface area contributed by atoms with Crippen LogP contribution in [0.1, 0.15) is 47.6 Å².